The van der Waals surface area contributed by atoms with Crippen LogP contribution >= 0.6 is 0 Å². The van der Waals surface area contributed by atoms with Crippen LogP contribution in [0.5, 0.6) is 0 Å². The molecule has 2 heterocycles. The Balaban J connectivity index is 0.000000708. The molecule has 16 heteroatoms. The fourth-order valence-corrected chi connectivity index (χ4v) is 3.74. The van der Waals surface area contributed by atoms with Crippen LogP contribution in [-0.4, -0.2) is 77.3 Å². The van der Waals surface area contributed by atoms with Crippen LogP contribution < -0.4 is 16.6 Å². The van der Waals surface area contributed by atoms with E-state index in [-0.39, 0.29) is 31.1 Å². The van der Waals surface area contributed by atoms with Crippen molar-refractivity contribution in [2.24, 2.45) is 0 Å². The maximum absolute atomic E-state index is 12.4. The van der Waals surface area contributed by atoms with Gasteiger partial charge in [-0.25, -0.2) is 14.6 Å². The number of aromatic amines is 1. The number of unbranched alkanes of at least 4 members (excludes halogenated alkanes) is 3. The van der Waals surface area contributed by atoms with Crippen LogP contribution in [0.4, 0.5) is 13.2 Å². The van der Waals surface area contributed by atoms with Crippen molar-refractivity contribution in [1.29, 1.82) is 0 Å². The van der Waals surface area contributed by atoms with Crippen molar-refractivity contribution in [2.45, 2.75) is 64.4 Å². The summed E-state index contributed by atoms with van der Waals surface area (Å²) in [5.41, 5.74) is 1.94. The number of carbonyl (C=O) groups is 2. The molecule has 0 radical (unpaired) electrons. The molecule has 220 valence electrons. The lowest BCUT2D eigenvalue weighted by Crippen LogP contribution is -2.29. The standard InChI is InChI=1S/C22H29N5O6.C2HF3O2/c1-13-8-16-17(9-14(13)10-23-11-15(29)12-28)27(7-5-3-2-4-6-18(30)31)20-19(24-16)21(32)26-22(33)25-20;3-2(4,5)1(6)7/h8-9,15,23,28-29H,2-7,10-12H2,1H3,(H,30,31)(H,26,32,33);(H,6,7). The van der Waals surface area contributed by atoms with Gasteiger partial charge in [-0.05, 0) is 43.0 Å². The molecule has 0 saturated heterocycles. The number of nitrogens with one attached hydrogen (secondary N) is 2. The molecule has 1 aromatic rings. The minimum absolute atomic E-state index is 0.0873. The van der Waals surface area contributed by atoms with E-state index in [2.05, 4.69) is 20.3 Å². The molecule has 1 unspecified atom stereocenters. The minimum Gasteiger partial charge on any atom is -0.481 e. The molecule has 3 rings (SSSR count). The first-order chi connectivity index (χ1) is 18.7. The van der Waals surface area contributed by atoms with Gasteiger partial charge in [0.25, 0.3) is 5.56 Å². The SMILES string of the molecule is Cc1cc2nc3c(=O)[nH]c(=O)nc-3n(CCCCCCC(=O)O)c2cc1CNCC(O)CO.O=C(O)C(F)(F)F. The second kappa shape index (κ2) is 14.5. The van der Waals surface area contributed by atoms with Crippen molar-refractivity contribution < 1.29 is 43.2 Å². The molecule has 0 aliphatic carbocycles. The van der Waals surface area contributed by atoms with Crippen LogP contribution in [0.3, 0.4) is 0 Å². The zero-order valence-electron chi connectivity index (χ0n) is 21.5. The van der Waals surface area contributed by atoms with Gasteiger partial charge in [-0.15, -0.1) is 0 Å². The third-order valence-corrected chi connectivity index (χ3v) is 5.74. The van der Waals surface area contributed by atoms with Crippen molar-refractivity contribution in [3.63, 3.8) is 0 Å². The first-order valence-electron chi connectivity index (χ1n) is 12.2. The highest BCUT2D eigenvalue weighted by atomic mass is 19.4. The first kappa shape index (κ1) is 32.3. The number of H-pyrrole nitrogens is 1. The Morgan fingerprint density at radius 3 is 2.35 bits per heavy atom. The molecular weight excluding hydrogens is 543 g/mol. The van der Waals surface area contributed by atoms with Crippen LogP contribution in [0.25, 0.3) is 22.6 Å². The second-order valence-corrected chi connectivity index (χ2v) is 8.90. The highest BCUT2D eigenvalue weighted by Gasteiger charge is 2.38. The van der Waals surface area contributed by atoms with Gasteiger partial charge in [0.2, 0.25) is 0 Å². The van der Waals surface area contributed by atoms with Crippen molar-refractivity contribution in [2.75, 3.05) is 13.2 Å². The van der Waals surface area contributed by atoms with Gasteiger partial charge in [-0.2, -0.15) is 18.2 Å². The molecule has 6 N–H and O–H groups in total. The van der Waals surface area contributed by atoms with Gasteiger partial charge in [0.15, 0.2) is 11.5 Å². The fourth-order valence-electron chi connectivity index (χ4n) is 3.74. The number of fused-ring (bicyclic) bond motifs is 2. The second-order valence-electron chi connectivity index (χ2n) is 8.90. The number of carboxylic acids is 2. The van der Waals surface area contributed by atoms with Crippen LogP contribution in [0.1, 0.15) is 43.2 Å². The molecule has 1 aromatic carbocycles. The number of rotatable bonds is 12. The zero-order valence-corrected chi connectivity index (χ0v) is 21.5. The van der Waals surface area contributed by atoms with Crippen LogP contribution in [-0.2, 0) is 22.7 Å². The van der Waals surface area contributed by atoms with E-state index in [0.717, 1.165) is 29.5 Å². The summed E-state index contributed by atoms with van der Waals surface area (Å²) >= 11 is 0. The predicted octanol–water partition coefficient (Wildman–Crippen LogP) is 1.00. The summed E-state index contributed by atoms with van der Waals surface area (Å²) in [4.78, 5) is 54.5. The summed E-state index contributed by atoms with van der Waals surface area (Å²) in [6.07, 6.45) is -2.95. The molecule has 0 aromatic heterocycles. The summed E-state index contributed by atoms with van der Waals surface area (Å²) in [6.45, 7) is 2.75. The number of hydrogen-bond donors (Lipinski definition) is 6. The quantitative estimate of drug-likeness (QED) is 0.133. The van der Waals surface area contributed by atoms with E-state index >= 15 is 0 Å². The lowest BCUT2D eigenvalue weighted by molar-refractivity contribution is -0.192. The Hall–Kier alpha value is -3.89. The molecule has 0 bridgehead atoms. The Bertz CT molecular complexity index is 1410. The van der Waals surface area contributed by atoms with Crippen molar-refractivity contribution in [1.82, 2.24) is 24.8 Å². The van der Waals surface area contributed by atoms with Gasteiger partial charge >= 0.3 is 23.8 Å². The van der Waals surface area contributed by atoms with Gasteiger partial charge < -0.3 is 30.3 Å². The predicted molar refractivity (Wildman–Crippen MR) is 135 cm³/mol. The average Bonchev–Trinajstić information content (AvgIpc) is 2.86. The Morgan fingerprint density at radius 1 is 1.10 bits per heavy atom. The Morgan fingerprint density at radius 2 is 1.75 bits per heavy atom. The van der Waals surface area contributed by atoms with E-state index < -0.39 is 35.5 Å². The number of alkyl halides is 3. The normalized spacial score (nSPS) is 12.2. The Labute approximate surface area is 224 Å². The molecule has 1 atom stereocenters. The lowest BCUT2D eigenvalue weighted by atomic mass is 10.1. The molecule has 2 aliphatic heterocycles. The number of aryl methyl sites for hydroxylation is 2. The maximum atomic E-state index is 12.4. The van der Waals surface area contributed by atoms with E-state index in [1.54, 1.807) is 0 Å². The molecule has 0 fully saturated rings. The van der Waals surface area contributed by atoms with Gasteiger partial charge in [-0.3, -0.25) is 14.6 Å². The minimum atomic E-state index is -5.08. The van der Waals surface area contributed by atoms with E-state index in [9.17, 15) is 32.7 Å². The van der Waals surface area contributed by atoms with E-state index in [4.69, 9.17) is 20.1 Å². The van der Waals surface area contributed by atoms with Gasteiger partial charge in [-0.1, -0.05) is 12.8 Å². The monoisotopic (exact) mass is 573 g/mol. The topological polar surface area (TPSA) is 208 Å². The third kappa shape index (κ3) is 9.39. The van der Waals surface area contributed by atoms with Gasteiger partial charge in [0.1, 0.15) is 0 Å². The fraction of sp³-hybridized carbons (Fsp3) is 0.500. The molecule has 0 saturated carbocycles. The number of carboxylic acid groups (broad SMARTS) is 2. The average molecular weight is 574 g/mol. The van der Waals surface area contributed by atoms with E-state index in [1.807, 2.05) is 23.6 Å². The summed E-state index contributed by atoms with van der Waals surface area (Å²) in [6, 6.07) is 3.79. The number of aliphatic hydroxyl groups is 2. The number of benzene rings is 1. The van der Waals surface area contributed by atoms with Crippen LogP contribution in [0, 0.1) is 6.92 Å². The highest BCUT2D eigenvalue weighted by Crippen LogP contribution is 2.25. The first-order valence-corrected chi connectivity index (χ1v) is 12.2. The molecule has 0 spiro atoms. The summed E-state index contributed by atoms with van der Waals surface area (Å²) in [5.74, 6) is -3.36. The molecular formula is C24H30F3N5O8. The zero-order chi connectivity index (χ0) is 30.0. The smallest absolute Gasteiger partial charge is 0.481 e. The molecule has 13 nitrogen and oxygen atoms in total. The number of aliphatic carboxylic acids is 2. The third-order valence-electron chi connectivity index (χ3n) is 5.74. The van der Waals surface area contributed by atoms with Gasteiger partial charge in [0, 0.05) is 26.1 Å². The van der Waals surface area contributed by atoms with Crippen molar-refractivity contribution >= 4 is 23.0 Å². The lowest BCUT2D eigenvalue weighted by Gasteiger charge is -2.19. The summed E-state index contributed by atoms with van der Waals surface area (Å²) in [7, 11) is 0. The number of halogens is 3. The number of nitrogens with zero attached hydrogens (tertiary/aromatic N) is 3. The summed E-state index contributed by atoms with van der Waals surface area (Å²) < 4.78 is 33.6. The van der Waals surface area contributed by atoms with Crippen molar-refractivity contribution in [3.05, 3.63) is 44.1 Å². The number of aromatic nitrogens is 4. The molecule has 2 aliphatic rings. The summed E-state index contributed by atoms with van der Waals surface area (Å²) in [5, 5.41) is 37.5. The van der Waals surface area contributed by atoms with E-state index in [1.165, 1.54) is 0 Å². The number of hydrogen-bond acceptors (Lipinski definition) is 9. The van der Waals surface area contributed by atoms with Crippen LogP contribution in [0.15, 0.2) is 21.7 Å². The van der Waals surface area contributed by atoms with Crippen molar-refractivity contribution in [3.8, 4) is 11.5 Å². The highest BCUT2D eigenvalue weighted by molar-refractivity contribution is 5.81. The maximum Gasteiger partial charge on any atom is 0.490 e. The Kier molecular flexibility index (Phi) is 11.7. The molecule has 0 amide bonds. The van der Waals surface area contributed by atoms with E-state index in [0.29, 0.717) is 31.4 Å². The van der Waals surface area contributed by atoms with Gasteiger partial charge in [0.05, 0.1) is 23.7 Å². The largest absolute Gasteiger partial charge is 0.490 e. The number of aliphatic hydroxyl groups excluding tert-OH is 2. The molecule has 40 heavy (non-hydrogen) atoms. The van der Waals surface area contributed by atoms with Crippen LogP contribution in [0.2, 0.25) is 0 Å².